The van der Waals surface area contributed by atoms with Crippen molar-refractivity contribution in [3.05, 3.63) is 74.6 Å². The number of carboxylic acids is 1. The fourth-order valence-electron chi connectivity index (χ4n) is 4.56. The maximum absolute atomic E-state index is 13.9. The lowest BCUT2D eigenvalue weighted by atomic mass is 9.85. The molecule has 3 heterocycles. The molecule has 1 aliphatic heterocycles. The number of amides is 1. The Kier molecular flexibility index (Phi) is 8.57. The van der Waals surface area contributed by atoms with Crippen molar-refractivity contribution >= 4 is 33.6 Å². The Morgan fingerprint density at radius 1 is 1.20 bits per heavy atom. The highest BCUT2D eigenvalue weighted by molar-refractivity contribution is 9.10. The van der Waals surface area contributed by atoms with Gasteiger partial charge in [-0.25, -0.2) is 4.98 Å². The number of aryl methyl sites for hydroxylation is 3. The van der Waals surface area contributed by atoms with Crippen LogP contribution in [-0.2, 0) is 35.8 Å². The molecule has 0 bridgehead atoms. The highest BCUT2D eigenvalue weighted by Gasteiger charge is 2.39. The first kappa shape index (κ1) is 29.6. The van der Waals surface area contributed by atoms with Gasteiger partial charge in [-0.3, -0.25) is 14.3 Å². The van der Waals surface area contributed by atoms with Gasteiger partial charge < -0.3 is 15.7 Å². The lowest BCUT2D eigenvalue weighted by Gasteiger charge is -2.24. The second-order valence-corrected chi connectivity index (χ2v) is 11.8. The number of aliphatic carboxylic acids is 1. The molecule has 0 saturated carbocycles. The average molecular weight is 622 g/mol. The molecular weight excluding hydrogens is 591 g/mol. The van der Waals surface area contributed by atoms with Crippen molar-refractivity contribution in [1.82, 2.24) is 20.1 Å². The van der Waals surface area contributed by atoms with E-state index in [1.165, 1.54) is 0 Å². The number of hydrogen-bond acceptors (Lipinski definition) is 5. The number of hydrogen-bond donors (Lipinski definition) is 3. The molecule has 1 aromatic carbocycles. The van der Waals surface area contributed by atoms with E-state index < -0.39 is 41.8 Å². The summed E-state index contributed by atoms with van der Waals surface area (Å²) in [5.74, 6) is -1.48. The van der Waals surface area contributed by atoms with Gasteiger partial charge in [0.15, 0.2) is 5.69 Å². The third kappa shape index (κ3) is 7.21. The molecular formula is C28H31BrF3N5O3. The van der Waals surface area contributed by atoms with E-state index in [2.05, 4.69) is 36.6 Å². The van der Waals surface area contributed by atoms with Crippen molar-refractivity contribution in [1.29, 1.82) is 0 Å². The fourth-order valence-corrected chi connectivity index (χ4v) is 5.07. The summed E-state index contributed by atoms with van der Waals surface area (Å²) in [6.07, 6.45) is -2.11. The average Bonchev–Trinajstić information content (AvgIpc) is 3.31. The number of carbonyl (C=O) groups is 2. The lowest BCUT2D eigenvalue weighted by molar-refractivity contribution is -0.142. The zero-order valence-electron chi connectivity index (χ0n) is 22.4. The number of halogens is 4. The first-order valence-electron chi connectivity index (χ1n) is 12.9. The maximum atomic E-state index is 13.9. The third-order valence-corrected chi connectivity index (χ3v) is 7.15. The lowest BCUT2D eigenvalue weighted by Crippen LogP contribution is -2.31. The van der Waals surface area contributed by atoms with E-state index in [0.717, 1.165) is 47.2 Å². The molecule has 214 valence electrons. The minimum atomic E-state index is -4.89. The summed E-state index contributed by atoms with van der Waals surface area (Å²) in [6.45, 7) is 6.81. The standard InChI is InChI=1S/C28H31BrF3N5O3/c1-27(2,3)18-11-17(12-19(29)13-18)22(14-23(38)39)35-26(40)21-15-37(36-24(21)28(30,31)32)10-8-20-7-6-16-5-4-9-33-25(16)34-20/h6-7,11-13,15,22H,4-5,8-10,14H2,1-3H3,(H,33,34)(H,35,40)(H,38,39)/t22-/m0/s1. The Labute approximate surface area is 238 Å². The van der Waals surface area contributed by atoms with Gasteiger partial charge in [0.2, 0.25) is 0 Å². The highest BCUT2D eigenvalue weighted by Crippen LogP contribution is 2.33. The number of anilines is 1. The van der Waals surface area contributed by atoms with Gasteiger partial charge in [-0.15, -0.1) is 0 Å². The molecule has 3 N–H and O–H groups in total. The van der Waals surface area contributed by atoms with E-state index in [1.807, 2.05) is 39.0 Å². The van der Waals surface area contributed by atoms with E-state index in [0.29, 0.717) is 22.2 Å². The molecule has 0 unspecified atom stereocenters. The third-order valence-electron chi connectivity index (χ3n) is 6.70. The number of nitrogens with zero attached hydrogens (tertiary/aromatic N) is 3. The van der Waals surface area contributed by atoms with Crippen LogP contribution in [0, 0.1) is 0 Å². The number of carboxylic acid groups (broad SMARTS) is 1. The quantitative estimate of drug-likeness (QED) is 0.289. The van der Waals surface area contributed by atoms with Crippen LogP contribution in [0.15, 0.2) is 41.0 Å². The van der Waals surface area contributed by atoms with Crippen LogP contribution in [0.5, 0.6) is 0 Å². The predicted molar refractivity (Wildman–Crippen MR) is 147 cm³/mol. The SMILES string of the molecule is CC(C)(C)c1cc(Br)cc([C@H](CC(=O)O)NC(=O)c2cn(CCc3ccc4c(n3)NCCC4)nc2C(F)(F)F)c1. The van der Waals surface area contributed by atoms with E-state index in [1.54, 1.807) is 12.1 Å². The number of aromatic nitrogens is 3. The van der Waals surface area contributed by atoms with Crippen molar-refractivity contribution < 1.29 is 27.9 Å². The molecule has 0 radical (unpaired) electrons. The zero-order chi connectivity index (χ0) is 29.2. The second-order valence-electron chi connectivity index (χ2n) is 10.9. The highest BCUT2D eigenvalue weighted by atomic mass is 79.9. The molecule has 1 atom stereocenters. The van der Waals surface area contributed by atoms with Crippen LogP contribution in [0.4, 0.5) is 19.0 Å². The van der Waals surface area contributed by atoms with Gasteiger partial charge in [-0.1, -0.05) is 48.8 Å². The van der Waals surface area contributed by atoms with Crippen LogP contribution >= 0.6 is 15.9 Å². The van der Waals surface area contributed by atoms with Gasteiger partial charge in [-0.05, 0) is 53.1 Å². The Hall–Kier alpha value is -3.41. The van der Waals surface area contributed by atoms with E-state index in [4.69, 9.17) is 0 Å². The van der Waals surface area contributed by atoms with Gasteiger partial charge in [0, 0.05) is 35.9 Å². The molecule has 1 amide bonds. The molecule has 1 aliphatic rings. The summed E-state index contributed by atoms with van der Waals surface area (Å²) in [6, 6.07) is 8.02. The van der Waals surface area contributed by atoms with Crippen molar-refractivity contribution in [2.45, 2.75) is 70.6 Å². The first-order valence-corrected chi connectivity index (χ1v) is 13.7. The number of alkyl halides is 3. The van der Waals surface area contributed by atoms with Gasteiger partial charge in [-0.2, -0.15) is 18.3 Å². The zero-order valence-corrected chi connectivity index (χ0v) is 24.0. The molecule has 3 aromatic rings. The Balaban J connectivity index is 1.59. The Morgan fingerprint density at radius 3 is 2.62 bits per heavy atom. The first-order chi connectivity index (χ1) is 18.7. The van der Waals surface area contributed by atoms with Gasteiger partial charge in [0.05, 0.1) is 18.0 Å². The number of rotatable bonds is 8. The predicted octanol–water partition coefficient (Wildman–Crippen LogP) is 5.90. The molecule has 0 saturated heterocycles. The normalized spacial score (nSPS) is 14.3. The summed E-state index contributed by atoms with van der Waals surface area (Å²) in [7, 11) is 0. The molecule has 2 aromatic heterocycles. The van der Waals surface area contributed by atoms with Crippen molar-refractivity contribution in [3.63, 3.8) is 0 Å². The van der Waals surface area contributed by atoms with Crippen LogP contribution in [0.25, 0.3) is 0 Å². The minimum Gasteiger partial charge on any atom is -0.481 e. The van der Waals surface area contributed by atoms with E-state index in [9.17, 15) is 27.9 Å². The van der Waals surface area contributed by atoms with Crippen molar-refractivity contribution in [2.75, 3.05) is 11.9 Å². The number of nitrogens with one attached hydrogen (secondary N) is 2. The van der Waals surface area contributed by atoms with Crippen LogP contribution in [0.2, 0.25) is 0 Å². The minimum absolute atomic E-state index is 0.0707. The maximum Gasteiger partial charge on any atom is 0.435 e. The number of fused-ring (bicyclic) bond motifs is 1. The summed E-state index contributed by atoms with van der Waals surface area (Å²) in [5, 5.41) is 18.9. The second kappa shape index (κ2) is 11.6. The Bertz CT molecular complexity index is 1420. The summed E-state index contributed by atoms with van der Waals surface area (Å²) in [4.78, 5) is 29.4. The van der Waals surface area contributed by atoms with E-state index in [-0.39, 0.29) is 12.0 Å². The van der Waals surface area contributed by atoms with Crippen molar-refractivity contribution in [3.8, 4) is 0 Å². The molecule has 8 nitrogen and oxygen atoms in total. The fraction of sp³-hybridized carbons (Fsp3) is 0.429. The largest absolute Gasteiger partial charge is 0.481 e. The van der Waals surface area contributed by atoms with Gasteiger partial charge in [0.25, 0.3) is 5.91 Å². The summed E-state index contributed by atoms with van der Waals surface area (Å²) in [5.41, 5.74) is 0.832. The summed E-state index contributed by atoms with van der Waals surface area (Å²) < 4.78 is 43.5. The molecule has 0 aliphatic carbocycles. The molecule has 4 rings (SSSR count). The molecule has 0 spiro atoms. The molecule has 12 heteroatoms. The smallest absolute Gasteiger partial charge is 0.435 e. The van der Waals surface area contributed by atoms with Crippen LogP contribution < -0.4 is 10.6 Å². The van der Waals surface area contributed by atoms with Crippen molar-refractivity contribution in [2.24, 2.45) is 0 Å². The Morgan fingerprint density at radius 2 is 1.95 bits per heavy atom. The number of benzene rings is 1. The molecule has 0 fully saturated rings. The number of pyridine rings is 1. The topological polar surface area (TPSA) is 109 Å². The monoisotopic (exact) mass is 621 g/mol. The molecule has 40 heavy (non-hydrogen) atoms. The number of carbonyl (C=O) groups excluding carboxylic acids is 1. The summed E-state index contributed by atoms with van der Waals surface area (Å²) >= 11 is 3.42. The van der Waals surface area contributed by atoms with Crippen LogP contribution in [-0.4, -0.2) is 38.3 Å². The van der Waals surface area contributed by atoms with Crippen LogP contribution in [0.3, 0.4) is 0 Å². The van der Waals surface area contributed by atoms with E-state index >= 15 is 0 Å². The van der Waals surface area contributed by atoms with Crippen LogP contribution in [0.1, 0.15) is 78.1 Å². The van der Waals surface area contributed by atoms with Gasteiger partial charge >= 0.3 is 12.1 Å². The van der Waals surface area contributed by atoms with Gasteiger partial charge in [0.1, 0.15) is 5.82 Å².